The van der Waals surface area contributed by atoms with Crippen molar-refractivity contribution in [3.8, 4) is 11.5 Å². The van der Waals surface area contributed by atoms with Gasteiger partial charge in [0.25, 0.3) is 0 Å². The summed E-state index contributed by atoms with van der Waals surface area (Å²) in [4.78, 5) is 0. The van der Waals surface area contributed by atoms with Crippen molar-refractivity contribution in [3.63, 3.8) is 0 Å². The summed E-state index contributed by atoms with van der Waals surface area (Å²) in [7, 11) is -3.74. The van der Waals surface area contributed by atoms with Crippen LogP contribution in [0.1, 0.15) is 5.56 Å². The summed E-state index contributed by atoms with van der Waals surface area (Å²) in [5.74, 6) is 2.24. The normalized spacial score (nSPS) is 11.7. The molecule has 0 amide bonds. The molecule has 110 valence electrons. The van der Waals surface area contributed by atoms with Crippen molar-refractivity contribution in [1.29, 1.82) is 0 Å². The SMILES string of the molecule is CN(c1cc(C#C[Si](C)(C)C)c(F)cc1N)S(C)(=O)=O. The summed E-state index contributed by atoms with van der Waals surface area (Å²) in [6.07, 6.45) is 1.06. The zero-order chi connectivity index (χ0) is 15.7. The number of halogens is 1. The molecule has 0 unspecified atom stereocenters. The highest BCUT2D eigenvalue weighted by Crippen LogP contribution is 2.27. The Morgan fingerprint density at radius 1 is 1.30 bits per heavy atom. The Hall–Kier alpha value is -1.52. The molecule has 0 saturated heterocycles. The first kappa shape index (κ1) is 16.5. The molecule has 0 fully saturated rings. The smallest absolute Gasteiger partial charge is 0.232 e. The number of nitrogens with zero attached hydrogens (tertiary/aromatic N) is 1. The lowest BCUT2D eigenvalue weighted by atomic mass is 10.1. The number of benzene rings is 1. The third-order valence-electron chi connectivity index (χ3n) is 2.53. The standard InChI is InChI=1S/C13H19FN2O2SSi/c1-16(19(2,17)18)13-8-10(6-7-20(3,4)5)11(14)9-12(13)15/h8-9H,15H2,1-5H3. The number of rotatable bonds is 2. The fourth-order valence-electron chi connectivity index (χ4n) is 1.38. The fourth-order valence-corrected chi connectivity index (χ4v) is 2.40. The molecule has 0 heterocycles. The maximum Gasteiger partial charge on any atom is 0.232 e. The maximum atomic E-state index is 13.8. The van der Waals surface area contributed by atoms with Crippen LogP contribution in [0.2, 0.25) is 19.6 Å². The van der Waals surface area contributed by atoms with Crippen LogP contribution in [0.4, 0.5) is 15.8 Å². The molecular weight excluding hydrogens is 295 g/mol. The summed E-state index contributed by atoms with van der Waals surface area (Å²) in [6.45, 7) is 6.12. The Morgan fingerprint density at radius 2 is 1.85 bits per heavy atom. The monoisotopic (exact) mass is 314 g/mol. The van der Waals surface area contributed by atoms with Gasteiger partial charge in [0.1, 0.15) is 13.9 Å². The predicted octanol–water partition coefficient (Wildman–Crippen LogP) is 2.03. The summed E-state index contributed by atoms with van der Waals surface area (Å²) >= 11 is 0. The van der Waals surface area contributed by atoms with Gasteiger partial charge in [0, 0.05) is 13.1 Å². The molecule has 0 aliphatic heterocycles. The van der Waals surface area contributed by atoms with Gasteiger partial charge in [0.15, 0.2) is 0 Å². The molecule has 0 bridgehead atoms. The highest BCUT2D eigenvalue weighted by atomic mass is 32.2. The third-order valence-corrected chi connectivity index (χ3v) is 4.59. The van der Waals surface area contributed by atoms with Crippen LogP contribution < -0.4 is 10.0 Å². The van der Waals surface area contributed by atoms with Crippen LogP contribution in [0.3, 0.4) is 0 Å². The second-order valence-corrected chi connectivity index (χ2v) is 12.4. The number of anilines is 2. The van der Waals surface area contributed by atoms with E-state index < -0.39 is 23.9 Å². The van der Waals surface area contributed by atoms with Crippen LogP contribution in [0.25, 0.3) is 0 Å². The predicted molar refractivity (Wildman–Crippen MR) is 84.3 cm³/mol. The van der Waals surface area contributed by atoms with E-state index in [2.05, 4.69) is 11.5 Å². The molecule has 1 aromatic carbocycles. The largest absolute Gasteiger partial charge is 0.397 e. The van der Waals surface area contributed by atoms with E-state index >= 15 is 0 Å². The molecular formula is C13H19FN2O2SSi. The van der Waals surface area contributed by atoms with Gasteiger partial charge in [-0.15, -0.1) is 5.54 Å². The van der Waals surface area contributed by atoms with Crippen LogP contribution >= 0.6 is 0 Å². The minimum Gasteiger partial charge on any atom is -0.397 e. The van der Waals surface area contributed by atoms with Crippen molar-refractivity contribution in [3.05, 3.63) is 23.5 Å². The first-order chi connectivity index (χ1) is 8.92. The van der Waals surface area contributed by atoms with Crippen LogP contribution in [0, 0.1) is 17.3 Å². The van der Waals surface area contributed by atoms with E-state index in [1.807, 2.05) is 19.6 Å². The zero-order valence-corrected chi connectivity index (χ0v) is 14.1. The molecule has 7 heteroatoms. The van der Waals surface area contributed by atoms with Crippen molar-refractivity contribution in [2.75, 3.05) is 23.3 Å². The van der Waals surface area contributed by atoms with Crippen molar-refractivity contribution in [2.45, 2.75) is 19.6 Å². The summed E-state index contributed by atoms with van der Waals surface area (Å²) in [5.41, 5.74) is 9.18. The van der Waals surface area contributed by atoms with Crippen LogP contribution in [-0.2, 0) is 10.0 Å². The van der Waals surface area contributed by atoms with Gasteiger partial charge in [0.2, 0.25) is 10.0 Å². The molecule has 0 atom stereocenters. The second kappa shape index (κ2) is 5.46. The Kier molecular flexibility index (Phi) is 4.51. The van der Waals surface area contributed by atoms with Gasteiger partial charge in [-0.2, -0.15) is 0 Å². The molecule has 2 N–H and O–H groups in total. The van der Waals surface area contributed by atoms with Gasteiger partial charge in [-0.3, -0.25) is 4.31 Å². The summed E-state index contributed by atoms with van der Waals surface area (Å²) in [6, 6.07) is 2.48. The van der Waals surface area contributed by atoms with E-state index in [0.29, 0.717) is 0 Å². The molecule has 0 saturated carbocycles. The van der Waals surface area contributed by atoms with Crippen LogP contribution in [0.5, 0.6) is 0 Å². The molecule has 0 aliphatic rings. The Labute approximate surface area is 120 Å². The average Bonchev–Trinajstić information content (AvgIpc) is 2.24. The third kappa shape index (κ3) is 4.25. The number of hydrogen-bond donors (Lipinski definition) is 1. The van der Waals surface area contributed by atoms with Gasteiger partial charge in [0.05, 0.1) is 23.2 Å². The van der Waals surface area contributed by atoms with Crippen LogP contribution in [0.15, 0.2) is 12.1 Å². The average molecular weight is 314 g/mol. The van der Waals surface area contributed by atoms with E-state index in [1.165, 1.54) is 13.1 Å². The van der Waals surface area contributed by atoms with Gasteiger partial charge < -0.3 is 5.73 Å². The molecule has 20 heavy (non-hydrogen) atoms. The summed E-state index contributed by atoms with van der Waals surface area (Å²) < 4.78 is 37.9. The first-order valence-corrected chi connectivity index (χ1v) is 11.3. The molecule has 0 spiro atoms. The van der Waals surface area contributed by atoms with Crippen molar-refractivity contribution in [2.24, 2.45) is 0 Å². The minimum absolute atomic E-state index is 0.0639. The van der Waals surface area contributed by atoms with Gasteiger partial charge >= 0.3 is 0 Å². The highest BCUT2D eigenvalue weighted by molar-refractivity contribution is 7.92. The highest BCUT2D eigenvalue weighted by Gasteiger charge is 2.17. The Morgan fingerprint density at radius 3 is 2.30 bits per heavy atom. The maximum absolute atomic E-state index is 13.8. The molecule has 0 aliphatic carbocycles. The number of nitrogen functional groups attached to an aromatic ring is 1. The van der Waals surface area contributed by atoms with E-state index in [1.54, 1.807) is 0 Å². The minimum atomic E-state index is -3.46. The fraction of sp³-hybridized carbons (Fsp3) is 0.385. The van der Waals surface area contributed by atoms with E-state index in [-0.39, 0.29) is 16.9 Å². The van der Waals surface area contributed by atoms with Gasteiger partial charge in [-0.25, -0.2) is 12.8 Å². The van der Waals surface area contributed by atoms with E-state index in [0.717, 1.165) is 16.6 Å². The van der Waals surface area contributed by atoms with E-state index in [4.69, 9.17) is 5.73 Å². The Balaban J connectivity index is 3.40. The zero-order valence-electron chi connectivity index (χ0n) is 12.3. The Bertz CT molecular complexity index is 685. The lowest BCUT2D eigenvalue weighted by Gasteiger charge is -2.19. The second-order valence-electron chi connectivity index (χ2n) is 5.62. The molecule has 0 radical (unpaired) electrons. The van der Waals surface area contributed by atoms with Crippen molar-refractivity contribution >= 4 is 29.5 Å². The quantitative estimate of drug-likeness (QED) is 0.516. The van der Waals surface area contributed by atoms with E-state index in [9.17, 15) is 12.8 Å². The molecule has 1 aromatic rings. The van der Waals surface area contributed by atoms with Crippen molar-refractivity contribution in [1.82, 2.24) is 0 Å². The topological polar surface area (TPSA) is 63.4 Å². The van der Waals surface area contributed by atoms with Crippen molar-refractivity contribution < 1.29 is 12.8 Å². The lowest BCUT2D eigenvalue weighted by molar-refractivity contribution is 0.600. The molecule has 4 nitrogen and oxygen atoms in total. The molecule has 1 rings (SSSR count). The number of sulfonamides is 1. The lowest BCUT2D eigenvalue weighted by Crippen LogP contribution is -2.26. The number of hydrogen-bond acceptors (Lipinski definition) is 3. The molecule has 0 aromatic heterocycles. The first-order valence-electron chi connectivity index (χ1n) is 5.98. The van der Waals surface area contributed by atoms with Gasteiger partial charge in [-0.05, 0) is 6.07 Å². The summed E-state index contributed by atoms with van der Waals surface area (Å²) in [5, 5.41) is 0. The van der Waals surface area contributed by atoms with Gasteiger partial charge in [-0.1, -0.05) is 25.6 Å². The number of nitrogens with two attached hydrogens (primary N) is 1. The van der Waals surface area contributed by atoms with Crippen LogP contribution in [-0.4, -0.2) is 29.8 Å².